The summed E-state index contributed by atoms with van der Waals surface area (Å²) in [5.41, 5.74) is 4.15. The number of benzene rings is 3. The SMILES string of the molecule is CCOCCN(CCOCC)C(=O)c1cc(Sc2cnc(Nc3cccc(-c4ccc(Nc5ncc(Sc6ccc(C)c(C(=O)NCCc7cccc(C(F)(F)F)c7)c6)s5)nc4)n3)s2)ccc1C. The number of nitrogens with one attached hydrogen (secondary N) is 3. The molecule has 4 aromatic heterocycles. The van der Waals surface area contributed by atoms with Crippen LogP contribution < -0.4 is 16.0 Å². The third-order valence-electron chi connectivity index (χ3n) is 10.2. The fourth-order valence-electron chi connectivity index (χ4n) is 6.71. The van der Waals surface area contributed by atoms with Crippen molar-refractivity contribution >= 4 is 79.9 Å². The number of carbonyl (C=O) groups is 2. The highest BCUT2D eigenvalue weighted by atomic mass is 32.2. The number of halogens is 3. The van der Waals surface area contributed by atoms with E-state index in [2.05, 4.69) is 30.9 Å². The first-order chi connectivity index (χ1) is 32.8. The number of ether oxygens (including phenoxy) is 2. The largest absolute Gasteiger partial charge is 0.416 e. The molecular formula is C49H49F3N8O4S4. The van der Waals surface area contributed by atoms with E-state index in [0.29, 0.717) is 78.1 Å². The highest BCUT2D eigenvalue weighted by Crippen LogP contribution is 2.38. The normalized spacial score (nSPS) is 11.4. The van der Waals surface area contributed by atoms with Gasteiger partial charge in [0.2, 0.25) is 0 Å². The third-order valence-corrected chi connectivity index (χ3v) is 14.2. The van der Waals surface area contributed by atoms with Crippen molar-refractivity contribution in [3.05, 3.63) is 143 Å². The first-order valence-corrected chi connectivity index (χ1v) is 25.0. The van der Waals surface area contributed by atoms with E-state index in [1.165, 1.54) is 40.5 Å². The summed E-state index contributed by atoms with van der Waals surface area (Å²) in [6.07, 6.45) is 1.15. The monoisotopic (exact) mass is 998 g/mol. The molecule has 12 nitrogen and oxygen atoms in total. The third kappa shape index (κ3) is 14.1. The number of hydrogen-bond donors (Lipinski definition) is 3. The molecule has 4 heterocycles. The fraction of sp³-hybridized carbons (Fsp3) is 0.265. The number of amides is 2. The van der Waals surface area contributed by atoms with Gasteiger partial charge in [-0.15, -0.1) is 0 Å². The second-order valence-corrected chi connectivity index (χ2v) is 19.9. The van der Waals surface area contributed by atoms with E-state index in [-0.39, 0.29) is 24.8 Å². The van der Waals surface area contributed by atoms with Crippen LogP contribution in [0.1, 0.15) is 56.8 Å². The number of thiazole rings is 2. The van der Waals surface area contributed by atoms with Gasteiger partial charge in [-0.2, -0.15) is 13.2 Å². The number of aryl methyl sites for hydroxylation is 2. The minimum absolute atomic E-state index is 0.0498. The van der Waals surface area contributed by atoms with Crippen LogP contribution >= 0.6 is 46.2 Å². The Labute approximate surface area is 409 Å². The summed E-state index contributed by atoms with van der Waals surface area (Å²) in [5.74, 6) is 0.884. The van der Waals surface area contributed by atoms with Crippen LogP contribution in [0, 0.1) is 13.8 Å². The molecule has 0 aliphatic rings. The molecule has 0 atom stereocenters. The van der Waals surface area contributed by atoms with Crippen LogP contribution in [0.25, 0.3) is 11.3 Å². The molecule has 2 amide bonds. The summed E-state index contributed by atoms with van der Waals surface area (Å²) in [7, 11) is 0. The topological polar surface area (TPSA) is 143 Å². The lowest BCUT2D eigenvalue weighted by molar-refractivity contribution is -0.137. The van der Waals surface area contributed by atoms with Crippen LogP contribution in [-0.4, -0.2) is 82.7 Å². The van der Waals surface area contributed by atoms with Crippen molar-refractivity contribution in [3.63, 3.8) is 0 Å². The summed E-state index contributed by atoms with van der Waals surface area (Å²) in [4.78, 5) is 48.9. The molecule has 7 aromatic rings. The Morgan fingerprint density at radius 3 is 1.94 bits per heavy atom. The second-order valence-electron chi connectivity index (χ2n) is 15.1. The molecule has 3 aromatic carbocycles. The summed E-state index contributed by atoms with van der Waals surface area (Å²) >= 11 is 5.94. The molecule has 0 aliphatic carbocycles. The molecule has 0 bridgehead atoms. The zero-order valence-corrected chi connectivity index (χ0v) is 41.0. The summed E-state index contributed by atoms with van der Waals surface area (Å²) in [6.45, 7) is 10.9. The quantitative estimate of drug-likeness (QED) is 0.0556. The van der Waals surface area contributed by atoms with E-state index < -0.39 is 11.7 Å². The summed E-state index contributed by atoms with van der Waals surface area (Å²) in [6, 6.07) is 26.1. The van der Waals surface area contributed by atoms with Gasteiger partial charge in [0, 0.05) is 65.5 Å². The zero-order valence-electron chi connectivity index (χ0n) is 37.7. The van der Waals surface area contributed by atoms with Gasteiger partial charge in [-0.05, 0) is 105 Å². The number of alkyl halides is 3. The molecule has 0 aliphatic heterocycles. The first kappa shape index (κ1) is 50.1. The molecule has 0 saturated heterocycles. The smallest absolute Gasteiger partial charge is 0.380 e. The molecule has 68 heavy (non-hydrogen) atoms. The second kappa shape index (κ2) is 23.9. The van der Waals surface area contributed by atoms with E-state index in [1.54, 1.807) is 47.4 Å². The standard InChI is InChI=1S/C49H49F3N8O4S4/c1-5-63-23-21-60(22-24-64-6-2)46(62)39-27-37(17-14-32(39)4)66-44-30-56-48(68-44)59-42-12-8-11-40(57-42)34-15-18-41(54-28-34)58-47-55-29-43(67-47)65-36-16-13-31(3)38(26-36)45(61)53-20-19-33-9-7-10-35(25-33)49(50,51)52/h7-18,25-30H,5-6,19-24H2,1-4H3,(H,53,61)(H,54,55,58)(H,56,57,59). The van der Waals surface area contributed by atoms with E-state index in [4.69, 9.17) is 14.5 Å². The maximum absolute atomic E-state index is 13.7. The highest BCUT2D eigenvalue weighted by molar-refractivity contribution is 8.01. The van der Waals surface area contributed by atoms with Gasteiger partial charge in [-0.3, -0.25) is 9.59 Å². The Balaban J connectivity index is 0.912. The van der Waals surface area contributed by atoms with Gasteiger partial charge in [0.15, 0.2) is 10.3 Å². The van der Waals surface area contributed by atoms with Crippen LogP contribution in [0.3, 0.4) is 0 Å². The summed E-state index contributed by atoms with van der Waals surface area (Å²) in [5, 5.41) is 10.7. The Kier molecular flexibility index (Phi) is 17.6. The maximum Gasteiger partial charge on any atom is 0.416 e. The van der Waals surface area contributed by atoms with Crippen LogP contribution in [0.4, 0.5) is 35.1 Å². The molecule has 0 fully saturated rings. The average Bonchev–Trinajstić information content (AvgIpc) is 3.97. The number of anilines is 4. The average molecular weight is 999 g/mol. The van der Waals surface area contributed by atoms with Gasteiger partial charge >= 0.3 is 6.18 Å². The summed E-state index contributed by atoms with van der Waals surface area (Å²) < 4.78 is 52.3. The van der Waals surface area contributed by atoms with Crippen molar-refractivity contribution in [1.82, 2.24) is 30.2 Å². The number of nitrogens with zero attached hydrogens (tertiary/aromatic N) is 5. The Morgan fingerprint density at radius 1 is 0.706 bits per heavy atom. The highest BCUT2D eigenvalue weighted by Gasteiger charge is 2.30. The van der Waals surface area contributed by atoms with Crippen LogP contribution in [0.5, 0.6) is 0 Å². The van der Waals surface area contributed by atoms with E-state index in [1.807, 2.05) is 88.4 Å². The molecule has 0 saturated carbocycles. The van der Waals surface area contributed by atoms with Crippen LogP contribution in [0.15, 0.2) is 128 Å². The number of pyridine rings is 2. The lowest BCUT2D eigenvalue weighted by atomic mass is 10.1. The van der Waals surface area contributed by atoms with Gasteiger partial charge in [0.25, 0.3) is 11.8 Å². The Morgan fingerprint density at radius 2 is 1.32 bits per heavy atom. The lowest BCUT2D eigenvalue weighted by Crippen LogP contribution is -2.37. The zero-order chi connectivity index (χ0) is 48.0. The molecule has 7 rings (SSSR count). The number of carbonyl (C=O) groups excluding carboxylic acids is 2. The van der Waals surface area contributed by atoms with Gasteiger partial charge in [0.1, 0.15) is 11.6 Å². The van der Waals surface area contributed by atoms with Crippen molar-refractivity contribution < 1.29 is 32.2 Å². The van der Waals surface area contributed by atoms with Gasteiger partial charge in [0.05, 0.1) is 45.3 Å². The van der Waals surface area contributed by atoms with Gasteiger partial charge < -0.3 is 30.3 Å². The lowest BCUT2D eigenvalue weighted by Gasteiger charge is -2.23. The molecule has 0 radical (unpaired) electrons. The molecular weight excluding hydrogens is 950 g/mol. The van der Waals surface area contributed by atoms with E-state index >= 15 is 0 Å². The minimum atomic E-state index is -4.42. The van der Waals surface area contributed by atoms with Crippen LogP contribution in [0.2, 0.25) is 0 Å². The Bertz CT molecular complexity index is 2800. The van der Waals surface area contributed by atoms with Crippen molar-refractivity contribution in [1.29, 1.82) is 0 Å². The molecule has 0 unspecified atom stereocenters. The fourth-order valence-corrected chi connectivity index (χ4v) is 10.5. The number of rotatable bonds is 22. The molecule has 3 N–H and O–H groups in total. The Hall–Kier alpha value is -5.83. The van der Waals surface area contributed by atoms with Crippen molar-refractivity contribution in [3.8, 4) is 11.3 Å². The molecule has 19 heteroatoms. The van der Waals surface area contributed by atoms with Gasteiger partial charge in [-0.25, -0.2) is 19.9 Å². The van der Waals surface area contributed by atoms with Crippen molar-refractivity contribution in [2.24, 2.45) is 0 Å². The first-order valence-electron chi connectivity index (χ1n) is 21.7. The van der Waals surface area contributed by atoms with E-state index in [9.17, 15) is 22.8 Å². The predicted octanol–water partition coefficient (Wildman–Crippen LogP) is 12.0. The maximum atomic E-state index is 13.7. The van der Waals surface area contributed by atoms with E-state index in [0.717, 1.165) is 52.7 Å². The number of hydrogen-bond acceptors (Lipinski definition) is 14. The van der Waals surface area contributed by atoms with Gasteiger partial charge in [-0.1, -0.05) is 82.6 Å². The predicted molar refractivity (Wildman–Crippen MR) is 265 cm³/mol. The van der Waals surface area contributed by atoms with Crippen molar-refractivity contribution in [2.45, 2.75) is 58.5 Å². The molecule has 354 valence electrons. The minimum Gasteiger partial charge on any atom is -0.380 e. The van der Waals surface area contributed by atoms with Crippen molar-refractivity contribution in [2.75, 3.05) is 56.7 Å². The number of aromatic nitrogens is 4. The van der Waals surface area contributed by atoms with Crippen LogP contribution in [-0.2, 0) is 22.1 Å². The molecule has 0 spiro atoms.